The van der Waals surface area contributed by atoms with Crippen LogP contribution in [0.2, 0.25) is 0 Å². The van der Waals surface area contributed by atoms with Crippen molar-refractivity contribution in [3.63, 3.8) is 0 Å². The molecule has 1 aliphatic rings. The van der Waals surface area contributed by atoms with Crippen molar-refractivity contribution in [1.29, 1.82) is 0 Å². The molecular weight excluding hydrogens is 277 g/mol. The van der Waals surface area contributed by atoms with Gasteiger partial charge in [0.2, 0.25) is 5.91 Å². The molecule has 0 unspecified atom stereocenters. The van der Waals surface area contributed by atoms with Crippen molar-refractivity contribution in [3.05, 3.63) is 77.6 Å². The first-order chi connectivity index (χ1) is 10.7. The summed E-state index contributed by atoms with van der Waals surface area (Å²) in [7, 11) is 0. The summed E-state index contributed by atoms with van der Waals surface area (Å²) in [5, 5.41) is 5.02. The van der Waals surface area contributed by atoms with Gasteiger partial charge in [0.15, 0.2) is 0 Å². The lowest BCUT2D eigenvalue weighted by Crippen LogP contribution is -2.24. The lowest BCUT2D eigenvalue weighted by atomic mass is 9.83. The predicted octanol–water partition coefficient (Wildman–Crippen LogP) is 4.45. The lowest BCUT2D eigenvalue weighted by molar-refractivity contribution is -0.116. The number of benzene rings is 3. The van der Waals surface area contributed by atoms with E-state index in [1.54, 1.807) is 12.1 Å². The Labute approximate surface area is 127 Å². The lowest BCUT2D eigenvalue weighted by Gasteiger charge is -2.27. The van der Waals surface area contributed by atoms with E-state index in [1.165, 1.54) is 6.07 Å². The first-order valence-electron chi connectivity index (χ1n) is 7.30. The highest BCUT2D eigenvalue weighted by Gasteiger charge is 2.29. The maximum Gasteiger partial charge on any atom is 0.225 e. The Morgan fingerprint density at radius 3 is 2.55 bits per heavy atom. The van der Waals surface area contributed by atoms with Crippen LogP contribution in [0.15, 0.2) is 60.7 Å². The Bertz CT molecular complexity index is 887. The quantitative estimate of drug-likeness (QED) is 0.705. The van der Waals surface area contributed by atoms with E-state index in [2.05, 4.69) is 5.32 Å². The van der Waals surface area contributed by atoms with Gasteiger partial charge in [0.1, 0.15) is 5.82 Å². The molecule has 1 N–H and O–H groups in total. The monoisotopic (exact) mass is 291 g/mol. The summed E-state index contributed by atoms with van der Waals surface area (Å²) in [5.41, 5.74) is 2.36. The Hall–Kier alpha value is -2.68. The topological polar surface area (TPSA) is 29.1 Å². The molecule has 22 heavy (non-hydrogen) atoms. The zero-order valence-corrected chi connectivity index (χ0v) is 11.8. The molecule has 0 radical (unpaired) electrons. The Morgan fingerprint density at radius 2 is 1.68 bits per heavy atom. The molecule has 2 nitrogen and oxygen atoms in total. The molecule has 3 heteroatoms. The molecule has 0 spiro atoms. The second-order valence-electron chi connectivity index (χ2n) is 5.58. The third-order valence-electron chi connectivity index (χ3n) is 4.27. The van der Waals surface area contributed by atoms with E-state index < -0.39 is 0 Å². The molecule has 0 aliphatic carbocycles. The normalized spacial score (nSPS) is 17.1. The highest BCUT2D eigenvalue weighted by atomic mass is 19.1. The molecule has 1 amide bonds. The van der Waals surface area contributed by atoms with Gasteiger partial charge in [0.05, 0.1) is 5.69 Å². The van der Waals surface area contributed by atoms with Crippen molar-refractivity contribution in [1.82, 2.24) is 0 Å². The van der Waals surface area contributed by atoms with E-state index in [0.29, 0.717) is 5.56 Å². The van der Waals surface area contributed by atoms with E-state index in [4.69, 9.17) is 0 Å². The average molecular weight is 291 g/mol. The molecule has 0 fully saturated rings. The summed E-state index contributed by atoms with van der Waals surface area (Å²) in [6.45, 7) is 0. The average Bonchev–Trinajstić information content (AvgIpc) is 2.54. The molecular formula is C19H14FNO. The number of nitrogens with one attached hydrogen (secondary N) is 1. The molecule has 0 saturated carbocycles. The van der Waals surface area contributed by atoms with Gasteiger partial charge in [-0.1, -0.05) is 54.6 Å². The van der Waals surface area contributed by atoms with E-state index in [-0.39, 0.29) is 24.1 Å². The standard InChI is InChI=1S/C19H14FNO/c20-17-8-4-3-7-14(17)16-11-18(22)21-19-13-6-2-1-5-12(13)9-10-15(16)19/h1-10,16H,11H2,(H,21,22)/t16-/m1/s1. The van der Waals surface area contributed by atoms with Crippen LogP contribution in [0.4, 0.5) is 10.1 Å². The van der Waals surface area contributed by atoms with E-state index in [0.717, 1.165) is 22.0 Å². The van der Waals surface area contributed by atoms with Crippen LogP contribution in [-0.4, -0.2) is 5.91 Å². The van der Waals surface area contributed by atoms with Gasteiger partial charge in [-0.3, -0.25) is 4.79 Å². The molecule has 4 rings (SSSR count). The van der Waals surface area contributed by atoms with Gasteiger partial charge < -0.3 is 5.32 Å². The van der Waals surface area contributed by atoms with Crippen LogP contribution in [0.3, 0.4) is 0 Å². The number of hydrogen-bond acceptors (Lipinski definition) is 1. The van der Waals surface area contributed by atoms with Crippen molar-refractivity contribution < 1.29 is 9.18 Å². The molecule has 0 saturated heterocycles. The predicted molar refractivity (Wildman–Crippen MR) is 85.4 cm³/mol. The van der Waals surface area contributed by atoms with Crippen molar-refractivity contribution in [3.8, 4) is 0 Å². The summed E-state index contributed by atoms with van der Waals surface area (Å²) in [5.74, 6) is -0.576. The molecule has 1 aliphatic heterocycles. The number of rotatable bonds is 1. The molecule has 108 valence electrons. The Morgan fingerprint density at radius 1 is 0.909 bits per heavy atom. The van der Waals surface area contributed by atoms with Gasteiger partial charge in [0, 0.05) is 17.7 Å². The smallest absolute Gasteiger partial charge is 0.225 e. The van der Waals surface area contributed by atoms with Gasteiger partial charge in [-0.2, -0.15) is 0 Å². The van der Waals surface area contributed by atoms with Crippen molar-refractivity contribution >= 4 is 22.4 Å². The van der Waals surface area contributed by atoms with Gasteiger partial charge >= 0.3 is 0 Å². The molecule has 1 atom stereocenters. The SMILES string of the molecule is O=C1C[C@H](c2ccccc2F)c2ccc3ccccc3c2N1. The summed E-state index contributed by atoms with van der Waals surface area (Å²) < 4.78 is 14.2. The largest absolute Gasteiger partial charge is 0.325 e. The summed E-state index contributed by atoms with van der Waals surface area (Å²) >= 11 is 0. The number of hydrogen-bond donors (Lipinski definition) is 1. The molecule has 0 aromatic heterocycles. The fourth-order valence-electron chi connectivity index (χ4n) is 3.24. The van der Waals surface area contributed by atoms with Crippen LogP contribution in [0.25, 0.3) is 10.8 Å². The number of carbonyl (C=O) groups excluding carboxylic acids is 1. The van der Waals surface area contributed by atoms with Crippen molar-refractivity contribution in [2.45, 2.75) is 12.3 Å². The molecule has 3 aromatic rings. The number of halogens is 1. The highest BCUT2D eigenvalue weighted by molar-refractivity contribution is 6.06. The van der Waals surface area contributed by atoms with Crippen LogP contribution in [0.1, 0.15) is 23.5 Å². The van der Waals surface area contributed by atoms with Gasteiger partial charge in [-0.25, -0.2) is 4.39 Å². The van der Waals surface area contributed by atoms with Gasteiger partial charge in [0.25, 0.3) is 0 Å². The minimum absolute atomic E-state index is 0.0721. The highest BCUT2D eigenvalue weighted by Crippen LogP contribution is 2.41. The summed E-state index contributed by atoms with van der Waals surface area (Å²) in [6.07, 6.45) is 0.270. The van der Waals surface area contributed by atoms with Crippen LogP contribution < -0.4 is 5.32 Å². The summed E-state index contributed by atoms with van der Waals surface area (Å²) in [4.78, 5) is 12.1. The maximum absolute atomic E-state index is 14.2. The van der Waals surface area contributed by atoms with Crippen LogP contribution in [-0.2, 0) is 4.79 Å². The van der Waals surface area contributed by atoms with Gasteiger partial charge in [-0.05, 0) is 22.6 Å². The first kappa shape index (κ1) is 13.0. The maximum atomic E-state index is 14.2. The minimum atomic E-state index is -0.263. The number of amides is 1. The Balaban J connectivity index is 1.97. The van der Waals surface area contributed by atoms with Crippen molar-refractivity contribution in [2.24, 2.45) is 0 Å². The fourth-order valence-corrected chi connectivity index (χ4v) is 3.24. The molecule has 3 aromatic carbocycles. The number of anilines is 1. The zero-order chi connectivity index (χ0) is 15.1. The number of carbonyl (C=O) groups is 1. The van der Waals surface area contributed by atoms with Crippen LogP contribution >= 0.6 is 0 Å². The molecule has 0 bridgehead atoms. The second kappa shape index (κ2) is 4.95. The first-order valence-corrected chi connectivity index (χ1v) is 7.30. The fraction of sp³-hybridized carbons (Fsp3) is 0.105. The molecule has 1 heterocycles. The van der Waals surface area contributed by atoms with E-state index in [9.17, 15) is 9.18 Å². The third kappa shape index (κ3) is 1.98. The Kier molecular flexibility index (Phi) is 2.93. The summed E-state index contributed by atoms with van der Waals surface area (Å²) in [6, 6.07) is 18.6. The zero-order valence-electron chi connectivity index (χ0n) is 11.8. The minimum Gasteiger partial charge on any atom is -0.325 e. The number of fused-ring (bicyclic) bond motifs is 3. The third-order valence-corrected chi connectivity index (χ3v) is 4.27. The van der Waals surface area contributed by atoms with E-state index in [1.807, 2.05) is 42.5 Å². The van der Waals surface area contributed by atoms with Crippen LogP contribution in [0.5, 0.6) is 0 Å². The van der Waals surface area contributed by atoms with Crippen molar-refractivity contribution in [2.75, 3.05) is 5.32 Å². The van der Waals surface area contributed by atoms with E-state index >= 15 is 0 Å². The van der Waals surface area contributed by atoms with Crippen LogP contribution in [0, 0.1) is 5.82 Å². The van der Waals surface area contributed by atoms with Gasteiger partial charge in [-0.15, -0.1) is 0 Å². The second-order valence-corrected chi connectivity index (χ2v) is 5.58.